The largest absolute Gasteiger partial charge is 0.280 e. The van der Waals surface area contributed by atoms with Crippen molar-refractivity contribution in [3.63, 3.8) is 0 Å². The second kappa shape index (κ2) is 8.23. The third-order valence-corrected chi connectivity index (χ3v) is 8.45. The third kappa shape index (κ3) is 4.39. The zero-order valence-corrected chi connectivity index (χ0v) is 17.8. The normalized spacial score (nSPS) is 18.7. The lowest BCUT2D eigenvalue weighted by atomic mass is 10.0. The Morgan fingerprint density at radius 1 is 0.929 bits per heavy atom. The first-order chi connectivity index (χ1) is 13.2. The van der Waals surface area contributed by atoms with Crippen LogP contribution in [-0.4, -0.2) is 33.7 Å². The maximum atomic E-state index is 13.0. The van der Waals surface area contributed by atoms with Gasteiger partial charge in [0.1, 0.15) is 0 Å². The number of hydrogen-bond acceptors (Lipinski definition) is 4. The predicted octanol–water partition coefficient (Wildman–Crippen LogP) is 3.75. The Balaban J connectivity index is 1.80. The van der Waals surface area contributed by atoms with Crippen molar-refractivity contribution in [1.82, 2.24) is 4.31 Å². The smallest absolute Gasteiger partial charge is 0.261 e. The van der Waals surface area contributed by atoms with E-state index < -0.39 is 20.0 Å². The minimum Gasteiger partial charge on any atom is -0.280 e. The van der Waals surface area contributed by atoms with E-state index in [-0.39, 0.29) is 15.8 Å². The molecule has 0 aromatic heterocycles. The molecule has 2 aromatic rings. The van der Waals surface area contributed by atoms with Crippen molar-refractivity contribution >= 4 is 25.7 Å². The van der Waals surface area contributed by atoms with Gasteiger partial charge in [-0.25, -0.2) is 16.8 Å². The average molecular weight is 423 g/mol. The molecule has 1 fully saturated rings. The highest BCUT2D eigenvalue weighted by molar-refractivity contribution is 7.92. The number of anilines is 1. The van der Waals surface area contributed by atoms with E-state index in [9.17, 15) is 16.8 Å². The number of benzene rings is 2. The van der Waals surface area contributed by atoms with Gasteiger partial charge in [-0.1, -0.05) is 31.0 Å². The van der Waals surface area contributed by atoms with Crippen LogP contribution in [0.1, 0.15) is 38.2 Å². The molecule has 1 aliphatic heterocycles. The van der Waals surface area contributed by atoms with E-state index in [2.05, 4.69) is 4.72 Å². The molecular weight excluding hydrogens is 396 g/mol. The second-order valence-corrected chi connectivity index (χ2v) is 10.7. The molecule has 152 valence electrons. The van der Waals surface area contributed by atoms with Crippen LogP contribution in [0.2, 0.25) is 0 Å². The molecule has 1 saturated heterocycles. The monoisotopic (exact) mass is 422 g/mol. The summed E-state index contributed by atoms with van der Waals surface area (Å²) >= 11 is 0. The number of hydrogen-bond donors (Lipinski definition) is 1. The van der Waals surface area contributed by atoms with Crippen molar-refractivity contribution in [3.8, 4) is 0 Å². The van der Waals surface area contributed by atoms with Crippen LogP contribution in [-0.2, 0) is 20.0 Å². The van der Waals surface area contributed by atoms with Gasteiger partial charge in [-0.3, -0.25) is 4.72 Å². The molecular formula is C20H26N2O4S2. The van der Waals surface area contributed by atoms with Gasteiger partial charge in [0.15, 0.2) is 0 Å². The molecule has 1 unspecified atom stereocenters. The summed E-state index contributed by atoms with van der Waals surface area (Å²) in [5.74, 6) is 0. The maximum absolute atomic E-state index is 13.0. The molecule has 1 aliphatic rings. The van der Waals surface area contributed by atoms with Gasteiger partial charge in [0.25, 0.3) is 10.0 Å². The highest BCUT2D eigenvalue weighted by Crippen LogP contribution is 2.28. The second-order valence-electron chi connectivity index (χ2n) is 7.12. The number of rotatable bonds is 6. The fraction of sp³-hybridized carbons (Fsp3) is 0.400. The van der Waals surface area contributed by atoms with Crippen LogP contribution in [0, 0.1) is 6.92 Å². The van der Waals surface area contributed by atoms with Crippen LogP contribution in [0.4, 0.5) is 5.69 Å². The van der Waals surface area contributed by atoms with Crippen molar-refractivity contribution in [3.05, 3.63) is 54.1 Å². The Bertz CT molecular complexity index is 1010. The zero-order chi connectivity index (χ0) is 20.4. The van der Waals surface area contributed by atoms with Gasteiger partial charge in [0.05, 0.1) is 9.79 Å². The van der Waals surface area contributed by atoms with Gasteiger partial charge >= 0.3 is 0 Å². The molecule has 0 saturated carbocycles. The lowest BCUT2D eigenvalue weighted by molar-refractivity contribution is 0.246. The summed E-state index contributed by atoms with van der Waals surface area (Å²) in [4.78, 5) is 0.347. The summed E-state index contributed by atoms with van der Waals surface area (Å²) < 4.78 is 55.0. The third-order valence-electron chi connectivity index (χ3n) is 5.09. The fourth-order valence-electron chi connectivity index (χ4n) is 3.46. The van der Waals surface area contributed by atoms with E-state index in [1.165, 1.54) is 36.4 Å². The average Bonchev–Trinajstić information content (AvgIpc) is 2.68. The van der Waals surface area contributed by atoms with Crippen LogP contribution in [0.15, 0.2) is 58.3 Å². The van der Waals surface area contributed by atoms with E-state index in [1.54, 1.807) is 16.4 Å². The van der Waals surface area contributed by atoms with Crippen molar-refractivity contribution in [1.29, 1.82) is 0 Å². The van der Waals surface area contributed by atoms with Gasteiger partial charge in [0.2, 0.25) is 10.0 Å². The number of nitrogens with zero attached hydrogens (tertiary/aromatic N) is 1. The molecule has 0 bridgehead atoms. The van der Waals surface area contributed by atoms with E-state index in [0.29, 0.717) is 12.2 Å². The van der Waals surface area contributed by atoms with Crippen molar-refractivity contribution in [2.75, 3.05) is 11.3 Å². The van der Waals surface area contributed by atoms with E-state index >= 15 is 0 Å². The number of aryl methyl sites for hydroxylation is 1. The summed E-state index contributed by atoms with van der Waals surface area (Å²) in [6.07, 6.45) is 3.58. The predicted molar refractivity (Wildman–Crippen MR) is 110 cm³/mol. The summed E-state index contributed by atoms with van der Waals surface area (Å²) in [7, 11) is -7.31. The molecule has 1 N–H and O–H groups in total. The van der Waals surface area contributed by atoms with Gasteiger partial charge < -0.3 is 0 Å². The summed E-state index contributed by atoms with van der Waals surface area (Å²) in [6.45, 7) is 4.42. The van der Waals surface area contributed by atoms with Crippen molar-refractivity contribution < 1.29 is 16.8 Å². The Morgan fingerprint density at radius 3 is 2.14 bits per heavy atom. The molecule has 3 rings (SSSR count). The van der Waals surface area contributed by atoms with Crippen LogP contribution < -0.4 is 4.72 Å². The van der Waals surface area contributed by atoms with E-state index in [0.717, 1.165) is 31.2 Å². The van der Waals surface area contributed by atoms with Crippen LogP contribution >= 0.6 is 0 Å². The lowest BCUT2D eigenvalue weighted by Crippen LogP contribution is -2.43. The molecule has 28 heavy (non-hydrogen) atoms. The number of piperidine rings is 1. The molecule has 1 heterocycles. The number of nitrogens with one attached hydrogen (secondary N) is 1. The molecule has 0 amide bonds. The molecule has 2 aromatic carbocycles. The minimum atomic E-state index is -3.72. The van der Waals surface area contributed by atoms with E-state index in [4.69, 9.17) is 0 Å². The lowest BCUT2D eigenvalue weighted by Gasteiger charge is -2.34. The van der Waals surface area contributed by atoms with Crippen molar-refractivity contribution in [2.45, 2.75) is 55.4 Å². The van der Waals surface area contributed by atoms with Crippen LogP contribution in [0.25, 0.3) is 0 Å². The molecule has 0 spiro atoms. The molecule has 0 aliphatic carbocycles. The SMILES string of the molecule is CCC1CCCCN1S(=O)(=O)c1ccc(NS(=O)(=O)c2ccc(C)cc2)cc1. The first kappa shape index (κ1) is 20.8. The van der Waals surface area contributed by atoms with E-state index in [1.807, 2.05) is 13.8 Å². The Morgan fingerprint density at radius 2 is 1.54 bits per heavy atom. The quantitative estimate of drug-likeness (QED) is 0.768. The first-order valence-electron chi connectivity index (χ1n) is 9.45. The minimum absolute atomic E-state index is 0.0264. The topological polar surface area (TPSA) is 83.6 Å². The fourth-order valence-corrected chi connectivity index (χ4v) is 6.29. The van der Waals surface area contributed by atoms with Gasteiger partial charge in [-0.05, 0) is 62.6 Å². The van der Waals surface area contributed by atoms with Crippen LogP contribution in [0.5, 0.6) is 0 Å². The summed E-state index contributed by atoms with van der Waals surface area (Å²) in [6, 6.07) is 12.5. The molecule has 1 atom stereocenters. The van der Waals surface area contributed by atoms with Crippen LogP contribution in [0.3, 0.4) is 0 Å². The Kier molecular flexibility index (Phi) is 6.12. The standard InChI is InChI=1S/C20H26N2O4S2/c1-3-18-6-4-5-15-22(18)28(25,26)20-13-9-17(10-14-20)21-27(23,24)19-11-7-16(2)8-12-19/h7-14,18,21H,3-6,15H2,1-2H3. The summed E-state index contributed by atoms with van der Waals surface area (Å²) in [5.41, 5.74) is 1.29. The van der Waals surface area contributed by atoms with Gasteiger partial charge in [0, 0.05) is 18.3 Å². The van der Waals surface area contributed by atoms with Gasteiger partial charge in [-0.15, -0.1) is 0 Å². The molecule has 6 nitrogen and oxygen atoms in total. The first-order valence-corrected chi connectivity index (χ1v) is 12.4. The Hall–Kier alpha value is -1.90. The summed E-state index contributed by atoms with van der Waals surface area (Å²) in [5, 5.41) is 0. The number of sulfonamides is 2. The molecule has 0 radical (unpaired) electrons. The van der Waals surface area contributed by atoms with Gasteiger partial charge in [-0.2, -0.15) is 4.31 Å². The zero-order valence-electron chi connectivity index (χ0n) is 16.1. The van der Waals surface area contributed by atoms with Crippen molar-refractivity contribution in [2.24, 2.45) is 0 Å². The highest BCUT2D eigenvalue weighted by atomic mass is 32.2. The highest BCUT2D eigenvalue weighted by Gasteiger charge is 2.32. The maximum Gasteiger partial charge on any atom is 0.261 e. The molecule has 8 heteroatoms. The Labute approximate surface area is 167 Å².